The number of pyridine rings is 1. The largest absolute Gasteiger partial charge is 0.369 e. The number of hydrogen-bond donors (Lipinski definition) is 2. The minimum Gasteiger partial charge on any atom is -0.369 e. The standard InChI is InChI=1S/C23H25F2N7O/c1-4-32-12-16-19(30-6-5-14(10-30)26-3)8-17(24)20(21(16)29-32)23(33)28-15-7-18(25)22-27-13(2)9-31(22)11-15/h7-9,11-12,14,26H,4-6,10H2,1-3H3,(H,28,33)/t14-/m0/s1. The minimum absolute atomic E-state index is 0.160. The first kappa shape index (κ1) is 21.3. The second-order valence-corrected chi connectivity index (χ2v) is 8.36. The normalized spacial score (nSPS) is 16.3. The number of likely N-dealkylation sites (N-methyl/N-ethyl adjacent to an activating group) is 1. The lowest BCUT2D eigenvalue weighted by Gasteiger charge is -2.20. The first-order chi connectivity index (χ1) is 15.9. The highest BCUT2D eigenvalue weighted by atomic mass is 19.1. The van der Waals surface area contributed by atoms with Crippen LogP contribution < -0.4 is 15.5 Å². The number of carbonyl (C=O) groups is 1. The van der Waals surface area contributed by atoms with E-state index in [-0.39, 0.29) is 22.4 Å². The maximum atomic E-state index is 15.4. The molecule has 0 unspecified atom stereocenters. The van der Waals surface area contributed by atoms with Crippen LogP contribution in [0.4, 0.5) is 20.2 Å². The van der Waals surface area contributed by atoms with E-state index < -0.39 is 17.5 Å². The molecule has 4 aromatic rings. The maximum Gasteiger partial charge on any atom is 0.260 e. The number of imidazole rings is 1. The van der Waals surface area contributed by atoms with Crippen LogP contribution in [-0.2, 0) is 6.54 Å². The highest BCUT2D eigenvalue weighted by Gasteiger charge is 2.28. The molecular formula is C23H25F2N7O. The van der Waals surface area contributed by atoms with Gasteiger partial charge in [-0.1, -0.05) is 0 Å². The Morgan fingerprint density at radius 1 is 1.21 bits per heavy atom. The molecule has 2 N–H and O–H groups in total. The third kappa shape index (κ3) is 3.70. The monoisotopic (exact) mass is 453 g/mol. The lowest BCUT2D eigenvalue weighted by molar-refractivity contribution is 0.102. The molecule has 1 aromatic carbocycles. The molecular weight excluding hydrogens is 428 g/mol. The van der Waals surface area contributed by atoms with Crippen molar-refractivity contribution >= 4 is 33.8 Å². The molecule has 172 valence electrons. The van der Waals surface area contributed by atoms with Crippen LogP contribution in [0.5, 0.6) is 0 Å². The summed E-state index contributed by atoms with van der Waals surface area (Å²) in [5, 5.41) is 11.1. The Morgan fingerprint density at radius 3 is 2.76 bits per heavy atom. The van der Waals surface area contributed by atoms with E-state index in [0.29, 0.717) is 23.7 Å². The number of rotatable bonds is 5. The number of aromatic nitrogens is 4. The molecule has 4 heterocycles. The smallest absolute Gasteiger partial charge is 0.260 e. The van der Waals surface area contributed by atoms with Crippen LogP contribution in [0, 0.1) is 18.6 Å². The third-order valence-corrected chi connectivity index (χ3v) is 6.15. The van der Waals surface area contributed by atoms with Crippen molar-refractivity contribution in [1.82, 2.24) is 24.5 Å². The molecule has 1 fully saturated rings. The number of nitrogens with zero attached hydrogens (tertiary/aromatic N) is 5. The summed E-state index contributed by atoms with van der Waals surface area (Å²) in [6, 6.07) is 2.90. The van der Waals surface area contributed by atoms with E-state index in [1.807, 2.05) is 20.2 Å². The van der Waals surface area contributed by atoms with E-state index in [9.17, 15) is 9.18 Å². The van der Waals surface area contributed by atoms with Crippen molar-refractivity contribution in [3.63, 3.8) is 0 Å². The Labute approximate surface area is 189 Å². The second-order valence-electron chi connectivity index (χ2n) is 8.36. The van der Waals surface area contributed by atoms with Crippen LogP contribution in [0.1, 0.15) is 29.4 Å². The predicted octanol–water partition coefficient (Wildman–Crippen LogP) is 3.34. The van der Waals surface area contributed by atoms with Crippen LogP contribution in [0.3, 0.4) is 0 Å². The summed E-state index contributed by atoms with van der Waals surface area (Å²) in [7, 11) is 1.91. The molecule has 5 rings (SSSR count). The van der Waals surface area contributed by atoms with Crippen LogP contribution in [-0.4, -0.2) is 51.3 Å². The highest BCUT2D eigenvalue weighted by Crippen LogP contribution is 2.33. The first-order valence-electron chi connectivity index (χ1n) is 11.0. The van der Waals surface area contributed by atoms with Gasteiger partial charge in [0.05, 0.1) is 17.1 Å². The van der Waals surface area contributed by atoms with Gasteiger partial charge in [0.1, 0.15) is 16.9 Å². The maximum absolute atomic E-state index is 15.4. The molecule has 1 amide bonds. The van der Waals surface area contributed by atoms with Crippen molar-refractivity contribution in [1.29, 1.82) is 0 Å². The summed E-state index contributed by atoms with van der Waals surface area (Å²) < 4.78 is 33.0. The van der Waals surface area contributed by atoms with Gasteiger partial charge < -0.3 is 19.9 Å². The summed E-state index contributed by atoms with van der Waals surface area (Å²) in [5.41, 5.74) is 1.86. The zero-order chi connectivity index (χ0) is 23.3. The average Bonchev–Trinajstić information content (AvgIpc) is 3.50. The number of anilines is 2. The third-order valence-electron chi connectivity index (χ3n) is 6.15. The molecule has 0 radical (unpaired) electrons. The van der Waals surface area contributed by atoms with E-state index >= 15 is 4.39 Å². The fourth-order valence-electron chi connectivity index (χ4n) is 4.47. The van der Waals surface area contributed by atoms with Gasteiger partial charge in [0.25, 0.3) is 5.91 Å². The fourth-order valence-corrected chi connectivity index (χ4v) is 4.47. The molecule has 0 aliphatic carbocycles. The molecule has 10 heteroatoms. The van der Waals surface area contributed by atoms with Gasteiger partial charge in [-0.15, -0.1) is 0 Å². The molecule has 8 nitrogen and oxygen atoms in total. The number of hydrogen-bond acceptors (Lipinski definition) is 5. The SMILES string of the molecule is CCn1cc2c(N3CC[C@H](NC)C3)cc(F)c(C(=O)Nc3cc(F)c4nc(C)cn4c3)c2n1. The van der Waals surface area contributed by atoms with Crippen molar-refractivity contribution in [3.05, 3.63) is 53.6 Å². The van der Waals surface area contributed by atoms with Gasteiger partial charge in [0, 0.05) is 55.7 Å². The number of aryl methyl sites for hydroxylation is 2. The molecule has 1 aliphatic rings. The summed E-state index contributed by atoms with van der Waals surface area (Å²) in [6.45, 7) is 5.79. The summed E-state index contributed by atoms with van der Waals surface area (Å²) in [5.74, 6) is -1.93. The first-order valence-corrected chi connectivity index (χ1v) is 11.0. The van der Waals surface area contributed by atoms with Gasteiger partial charge in [-0.25, -0.2) is 13.8 Å². The predicted molar refractivity (Wildman–Crippen MR) is 123 cm³/mol. The molecule has 33 heavy (non-hydrogen) atoms. The topological polar surface area (TPSA) is 79.5 Å². The van der Waals surface area contributed by atoms with Gasteiger partial charge in [-0.2, -0.15) is 5.10 Å². The number of nitrogens with one attached hydrogen (secondary N) is 2. The van der Waals surface area contributed by atoms with E-state index in [1.165, 1.54) is 16.5 Å². The van der Waals surface area contributed by atoms with E-state index in [2.05, 4.69) is 25.6 Å². The fraction of sp³-hybridized carbons (Fsp3) is 0.348. The molecule has 0 saturated carbocycles. The Bertz CT molecular complexity index is 1380. The van der Waals surface area contributed by atoms with Crippen molar-refractivity contribution < 1.29 is 13.6 Å². The Morgan fingerprint density at radius 2 is 2.03 bits per heavy atom. The van der Waals surface area contributed by atoms with Crippen molar-refractivity contribution in [2.75, 3.05) is 30.4 Å². The number of benzene rings is 1. The molecule has 1 aliphatic heterocycles. The zero-order valence-electron chi connectivity index (χ0n) is 18.7. The number of fused-ring (bicyclic) bond motifs is 2. The van der Waals surface area contributed by atoms with Crippen LogP contribution >= 0.6 is 0 Å². The van der Waals surface area contributed by atoms with Gasteiger partial charge in [0.2, 0.25) is 0 Å². The van der Waals surface area contributed by atoms with E-state index in [4.69, 9.17) is 0 Å². The molecule has 0 spiro atoms. The van der Waals surface area contributed by atoms with Crippen molar-refractivity contribution in [2.24, 2.45) is 0 Å². The lowest BCUT2D eigenvalue weighted by Crippen LogP contribution is -2.29. The molecule has 0 bridgehead atoms. The Balaban J connectivity index is 1.55. The Hall–Kier alpha value is -3.53. The zero-order valence-corrected chi connectivity index (χ0v) is 18.7. The molecule has 1 atom stereocenters. The van der Waals surface area contributed by atoms with Crippen molar-refractivity contribution in [2.45, 2.75) is 32.9 Å². The number of amides is 1. The second kappa shape index (κ2) is 8.11. The molecule has 1 saturated heterocycles. The van der Waals surface area contributed by atoms with Gasteiger partial charge in [-0.05, 0) is 33.4 Å². The van der Waals surface area contributed by atoms with E-state index in [1.54, 1.807) is 24.0 Å². The quantitative estimate of drug-likeness (QED) is 0.485. The highest BCUT2D eigenvalue weighted by molar-refractivity contribution is 6.14. The van der Waals surface area contributed by atoms with Gasteiger partial charge in [-0.3, -0.25) is 9.48 Å². The number of halogens is 2. The van der Waals surface area contributed by atoms with Crippen LogP contribution in [0.2, 0.25) is 0 Å². The lowest BCUT2D eigenvalue weighted by atomic mass is 10.1. The average molecular weight is 453 g/mol. The summed E-state index contributed by atoms with van der Waals surface area (Å²) >= 11 is 0. The summed E-state index contributed by atoms with van der Waals surface area (Å²) in [6.07, 6.45) is 5.99. The van der Waals surface area contributed by atoms with Crippen LogP contribution in [0.15, 0.2) is 30.7 Å². The van der Waals surface area contributed by atoms with Gasteiger partial charge >= 0.3 is 0 Å². The van der Waals surface area contributed by atoms with E-state index in [0.717, 1.165) is 25.2 Å². The van der Waals surface area contributed by atoms with Crippen LogP contribution in [0.25, 0.3) is 16.6 Å². The van der Waals surface area contributed by atoms with Crippen molar-refractivity contribution in [3.8, 4) is 0 Å². The minimum atomic E-state index is -0.685. The Kier molecular flexibility index (Phi) is 5.24. The molecule has 3 aromatic heterocycles. The van der Waals surface area contributed by atoms with Gasteiger partial charge in [0.15, 0.2) is 11.5 Å². The number of carbonyl (C=O) groups excluding carboxylic acids is 1. The summed E-state index contributed by atoms with van der Waals surface area (Å²) in [4.78, 5) is 19.4.